The third kappa shape index (κ3) is 3.69. The van der Waals surface area contributed by atoms with Crippen LogP contribution in [0.3, 0.4) is 0 Å². The van der Waals surface area contributed by atoms with Crippen molar-refractivity contribution < 1.29 is 4.74 Å². The second-order valence-corrected chi connectivity index (χ2v) is 7.13. The fourth-order valence-electron chi connectivity index (χ4n) is 3.40. The van der Waals surface area contributed by atoms with Crippen molar-refractivity contribution in [3.8, 4) is 0 Å². The molecule has 2 fully saturated rings. The van der Waals surface area contributed by atoms with Gasteiger partial charge in [-0.05, 0) is 51.2 Å². The molecule has 2 aliphatic rings. The molecule has 106 valence electrons. The van der Waals surface area contributed by atoms with Crippen molar-refractivity contribution in [3.63, 3.8) is 0 Å². The quantitative estimate of drug-likeness (QED) is 0.832. The number of piperidine rings is 1. The minimum atomic E-state index is 0.356. The molecule has 0 radical (unpaired) electrons. The number of likely N-dealkylation sites (tertiary alicyclic amines) is 1. The summed E-state index contributed by atoms with van der Waals surface area (Å²) in [6, 6.07) is 0. The molecule has 0 aromatic heterocycles. The van der Waals surface area contributed by atoms with Crippen molar-refractivity contribution in [3.05, 3.63) is 0 Å². The summed E-state index contributed by atoms with van der Waals surface area (Å²) < 4.78 is 5.75. The van der Waals surface area contributed by atoms with E-state index in [1.54, 1.807) is 0 Å². The van der Waals surface area contributed by atoms with Crippen LogP contribution in [-0.4, -0.2) is 51.3 Å². The van der Waals surface area contributed by atoms with Gasteiger partial charge in [0.1, 0.15) is 0 Å². The molecule has 2 rings (SSSR count). The first-order valence-corrected chi connectivity index (χ1v) is 7.50. The second-order valence-electron chi connectivity index (χ2n) is 7.13. The van der Waals surface area contributed by atoms with Crippen molar-refractivity contribution in [1.29, 1.82) is 0 Å². The molecule has 18 heavy (non-hydrogen) atoms. The SMILES string of the molecule is CNCC1(CN2CCC(C)(C)CC2)CCCOC1. The molecule has 1 atom stereocenters. The number of hydrogen-bond donors (Lipinski definition) is 1. The van der Waals surface area contributed by atoms with Crippen molar-refractivity contribution in [2.75, 3.05) is 46.4 Å². The van der Waals surface area contributed by atoms with E-state index in [9.17, 15) is 0 Å². The Bertz CT molecular complexity index is 244. The fourth-order valence-corrected chi connectivity index (χ4v) is 3.40. The number of rotatable bonds is 4. The molecule has 0 saturated carbocycles. The van der Waals surface area contributed by atoms with E-state index < -0.39 is 0 Å². The highest BCUT2D eigenvalue weighted by Crippen LogP contribution is 2.34. The Morgan fingerprint density at radius 1 is 1.17 bits per heavy atom. The molecule has 1 N–H and O–H groups in total. The smallest absolute Gasteiger partial charge is 0.0546 e. The van der Waals surface area contributed by atoms with Gasteiger partial charge in [0.05, 0.1) is 6.61 Å². The third-order valence-electron chi connectivity index (χ3n) is 4.72. The number of hydrogen-bond acceptors (Lipinski definition) is 3. The summed E-state index contributed by atoms with van der Waals surface area (Å²) in [5.41, 5.74) is 0.907. The predicted molar refractivity (Wildman–Crippen MR) is 75.9 cm³/mol. The van der Waals surface area contributed by atoms with Crippen LogP contribution >= 0.6 is 0 Å². The molecule has 0 amide bonds. The van der Waals surface area contributed by atoms with Gasteiger partial charge in [0.2, 0.25) is 0 Å². The van der Waals surface area contributed by atoms with Gasteiger partial charge in [0.25, 0.3) is 0 Å². The summed E-state index contributed by atoms with van der Waals surface area (Å²) in [4.78, 5) is 2.66. The van der Waals surface area contributed by atoms with E-state index in [1.165, 1.54) is 45.3 Å². The highest BCUT2D eigenvalue weighted by molar-refractivity contribution is 4.89. The van der Waals surface area contributed by atoms with Crippen molar-refractivity contribution >= 4 is 0 Å². The lowest BCUT2D eigenvalue weighted by molar-refractivity contribution is -0.0329. The maximum atomic E-state index is 5.75. The molecule has 2 saturated heterocycles. The van der Waals surface area contributed by atoms with E-state index >= 15 is 0 Å². The molecule has 3 heteroatoms. The van der Waals surface area contributed by atoms with E-state index in [2.05, 4.69) is 31.1 Å². The predicted octanol–water partition coefficient (Wildman–Crippen LogP) is 2.12. The fraction of sp³-hybridized carbons (Fsp3) is 1.00. The molecule has 2 heterocycles. The molecule has 0 bridgehead atoms. The first kappa shape index (κ1) is 14.3. The van der Waals surface area contributed by atoms with Crippen LogP contribution < -0.4 is 5.32 Å². The molecule has 1 unspecified atom stereocenters. The summed E-state index contributed by atoms with van der Waals surface area (Å²) in [5.74, 6) is 0. The maximum absolute atomic E-state index is 5.75. The number of nitrogens with one attached hydrogen (secondary N) is 1. The van der Waals surface area contributed by atoms with Crippen LogP contribution in [0.2, 0.25) is 0 Å². The van der Waals surface area contributed by atoms with E-state index in [-0.39, 0.29) is 0 Å². The second kappa shape index (κ2) is 5.89. The zero-order valence-electron chi connectivity index (χ0n) is 12.4. The topological polar surface area (TPSA) is 24.5 Å². The van der Waals surface area contributed by atoms with E-state index in [0.717, 1.165) is 19.8 Å². The number of ether oxygens (including phenoxy) is 1. The largest absolute Gasteiger partial charge is 0.381 e. The first-order chi connectivity index (χ1) is 8.55. The highest BCUT2D eigenvalue weighted by Gasteiger charge is 2.36. The Morgan fingerprint density at radius 3 is 2.44 bits per heavy atom. The monoisotopic (exact) mass is 254 g/mol. The van der Waals surface area contributed by atoms with Crippen molar-refractivity contribution in [2.45, 2.75) is 39.5 Å². The van der Waals surface area contributed by atoms with Crippen molar-refractivity contribution in [1.82, 2.24) is 10.2 Å². The van der Waals surface area contributed by atoms with Crippen LogP contribution in [0.25, 0.3) is 0 Å². The first-order valence-electron chi connectivity index (χ1n) is 7.50. The summed E-state index contributed by atoms with van der Waals surface area (Å²) >= 11 is 0. The van der Waals surface area contributed by atoms with Gasteiger partial charge in [-0.1, -0.05) is 13.8 Å². The van der Waals surface area contributed by atoms with Gasteiger partial charge >= 0.3 is 0 Å². The molecular weight excluding hydrogens is 224 g/mol. The van der Waals surface area contributed by atoms with Gasteiger partial charge in [-0.3, -0.25) is 0 Å². The standard InChI is InChI=1S/C15H30N2O/c1-14(2)6-8-17(9-7-14)12-15(11-16-3)5-4-10-18-13-15/h16H,4-13H2,1-3H3. The molecular formula is C15H30N2O. The van der Waals surface area contributed by atoms with Crippen LogP contribution in [0.4, 0.5) is 0 Å². The third-order valence-corrected chi connectivity index (χ3v) is 4.72. The Balaban J connectivity index is 1.89. The Morgan fingerprint density at radius 2 is 1.89 bits per heavy atom. The molecule has 0 aromatic carbocycles. The highest BCUT2D eigenvalue weighted by atomic mass is 16.5. The van der Waals surface area contributed by atoms with E-state index in [0.29, 0.717) is 10.8 Å². The van der Waals surface area contributed by atoms with Gasteiger partial charge in [0, 0.05) is 25.1 Å². The average molecular weight is 254 g/mol. The zero-order chi connectivity index (χ0) is 13.1. The lowest BCUT2D eigenvalue weighted by Crippen LogP contribution is -2.50. The van der Waals surface area contributed by atoms with Gasteiger partial charge in [-0.2, -0.15) is 0 Å². The lowest BCUT2D eigenvalue weighted by atomic mass is 9.79. The maximum Gasteiger partial charge on any atom is 0.0546 e. The van der Waals surface area contributed by atoms with Crippen LogP contribution in [-0.2, 0) is 4.74 Å². The van der Waals surface area contributed by atoms with Crippen LogP contribution in [0.1, 0.15) is 39.5 Å². The van der Waals surface area contributed by atoms with Crippen LogP contribution in [0, 0.1) is 10.8 Å². The Labute approximate surface area is 112 Å². The van der Waals surface area contributed by atoms with Gasteiger partial charge < -0.3 is 15.0 Å². The normalized spacial score (nSPS) is 33.5. The summed E-state index contributed by atoms with van der Waals surface area (Å²) in [5, 5.41) is 3.38. The van der Waals surface area contributed by atoms with Gasteiger partial charge in [0.15, 0.2) is 0 Å². The van der Waals surface area contributed by atoms with Gasteiger partial charge in [-0.25, -0.2) is 0 Å². The molecule has 0 aliphatic carbocycles. The van der Waals surface area contributed by atoms with E-state index in [1.807, 2.05) is 0 Å². The summed E-state index contributed by atoms with van der Waals surface area (Å²) in [6.07, 6.45) is 5.21. The summed E-state index contributed by atoms with van der Waals surface area (Å²) in [7, 11) is 2.07. The summed E-state index contributed by atoms with van der Waals surface area (Å²) in [6.45, 7) is 11.5. The molecule has 3 nitrogen and oxygen atoms in total. The van der Waals surface area contributed by atoms with Crippen LogP contribution in [0.5, 0.6) is 0 Å². The molecule has 2 aliphatic heterocycles. The van der Waals surface area contributed by atoms with Crippen molar-refractivity contribution in [2.24, 2.45) is 10.8 Å². The lowest BCUT2D eigenvalue weighted by Gasteiger charge is -2.44. The zero-order valence-corrected chi connectivity index (χ0v) is 12.4. The minimum absolute atomic E-state index is 0.356. The average Bonchev–Trinajstić information content (AvgIpc) is 2.34. The molecule has 0 aromatic rings. The van der Waals surface area contributed by atoms with Gasteiger partial charge in [-0.15, -0.1) is 0 Å². The Hall–Kier alpha value is -0.120. The Kier molecular flexibility index (Phi) is 4.68. The van der Waals surface area contributed by atoms with E-state index in [4.69, 9.17) is 4.74 Å². The molecule has 0 spiro atoms. The van der Waals surface area contributed by atoms with Crippen LogP contribution in [0.15, 0.2) is 0 Å². The number of nitrogens with zero attached hydrogens (tertiary/aromatic N) is 1. The minimum Gasteiger partial charge on any atom is -0.381 e.